The lowest BCUT2D eigenvalue weighted by molar-refractivity contribution is 0.111. The largest absolute Gasteiger partial charge is 0.497 e. The van der Waals surface area contributed by atoms with E-state index in [4.69, 9.17) is 14.2 Å². The first-order chi connectivity index (χ1) is 23.9. The van der Waals surface area contributed by atoms with Gasteiger partial charge in [0.05, 0.1) is 31.4 Å². The highest BCUT2D eigenvalue weighted by molar-refractivity contribution is 9.11. The zero-order valence-corrected chi connectivity index (χ0v) is 38.1. The highest BCUT2D eigenvalue weighted by Crippen LogP contribution is 2.33. The molecule has 4 aromatic rings. The van der Waals surface area contributed by atoms with Crippen molar-refractivity contribution in [2.24, 2.45) is 0 Å². The molecule has 9 heteroatoms. The SMILES string of the molecule is COc1cc(C(C)C)c(Br)cc1C=O.COc1cc(C(C)C)c(C=O)cc1Br.COc1ccc(Br)c(C(C)C)c1.Cc1cc(C(C)C)ccc1Br. The number of aldehydes is 2. The Labute approximate surface area is 339 Å². The van der Waals surface area contributed by atoms with Crippen molar-refractivity contribution in [2.75, 3.05) is 21.3 Å². The summed E-state index contributed by atoms with van der Waals surface area (Å²) in [5.41, 5.74) is 7.46. The van der Waals surface area contributed by atoms with Gasteiger partial charge in [-0.05, 0) is 123 Å². The van der Waals surface area contributed by atoms with E-state index in [0.29, 0.717) is 40.5 Å². The van der Waals surface area contributed by atoms with Gasteiger partial charge >= 0.3 is 0 Å². The van der Waals surface area contributed by atoms with Gasteiger partial charge in [0.25, 0.3) is 0 Å². The zero-order chi connectivity index (χ0) is 39.0. The summed E-state index contributed by atoms with van der Waals surface area (Å²) in [5.74, 6) is 4.18. The first-order valence-electron chi connectivity index (χ1n) is 16.7. The van der Waals surface area contributed by atoms with Gasteiger partial charge in [0.1, 0.15) is 23.5 Å². The molecule has 0 radical (unpaired) electrons. The predicted molar refractivity (Wildman–Crippen MR) is 228 cm³/mol. The fourth-order valence-corrected chi connectivity index (χ4v) is 7.05. The van der Waals surface area contributed by atoms with Crippen LogP contribution in [0.4, 0.5) is 0 Å². The number of hydrogen-bond donors (Lipinski definition) is 0. The maximum atomic E-state index is 10.8. The maximum absolute atomic E-state index is 10.8. The summed E-state index contributed by atoms with van der Waals surface area (Å²) in [5, 5.41) is 0. The summed E-state index contributed by atoms with van der Waals surface area (Å²) >= 11 is 13.8. The summed E-state index contributed by atoms with van der Waals surface area (Å²) in [6, 6.07) is 19.9. The van der Waals surface area contributed by atoms with Gasteiger partial charge < -0.3 is 14.2 Å². The van der Waals surface area contributed by atoms with E-state index >= 15 is 0 Å². The van der Waals surface area contributed by atoms with Crippen molar-refractivity contribution < 1.29 is 23.8 Å². The number of hydrogen-bond acceptors (Lipinski definition) is 5. The minimum absolute atomic E-state index is 0.317. The molecule has 4 aromatic carbocycles. The number of benzene rings is 4. The van der Waals surface area contributed by atoms with Crippen LogP contribution in [0, 0.1) is 6.92 Å². The van der Waals surface area contributed by atoms with Crippen LogP contribution in [0.2, 0.25) is 0 Å². The molecule has 0 atom stereocenters. The minimum Gasteiger partial charge on any atom is -0.497 e. The van der Waals surface area contributed by atoms with Crippen LogP contribution in [-0.4, -0.2) is 33.9 Å². The molecule has 0 aromatic heterocycles. The van der Waals surface area contributed by atoms with Crippen molar-refractivity contribution in [1.29, 1.82) is 0 Å². The number of carbonyl (C=O) groups is 2. The molecule has 0 bridgehead atoms. The fourth-order valence-electron chi connectivity index (χ4n) is 4.76. The Kier molecular flexibility index (Phi) is 21.2. The second-order valence-electron chi connectivity index (χ2n) is 13.0. The molecule has 0 aliphatic rings. The summed E-state index contributed by atoms with van der Waals surface area (Å²) in [6.45, 7) is 19.2. The molecule has 4 rings (SSSR count). The fraction of sp³-hybridized carbons (Fsp3) is 0.381. The van der Waals surface area contributed by atoms with Crippen LogP contribution in [0.1, 0.15) is 128 Å². The lowest BCUT2D eigenvalue weighted by Gasteiger charge is -2.12. The second-order valence-corrected chi connectivity index (χ2v) is 16.4. The number of carbonyl (C=O) groups excluding carboxylic acids is 2. The van der Waals surface area contributed by atoms with Crippen LogP contribution in [-0.2, 0) is 0 Å². The third-order valence-electron chi connectivity index (χ3n) is 7.88. The number of rotatable bonds is 9. The molecule has 0 aliphatic heterocycles. The van der Waals surface area contributed by atoms with Gasteiger partial charge in [-0.15, -0.1) is 0 Å². The van der Waals surface area contributed by atoms with Crippen LogP contribution in [0.25, 0.3) is 0 Å². The molecule has 0 aliphatic carbocycles. The Bertz CT molecular complexity index is 1710. The van der Waals surface area contributed by atoms with Crippen LogP contribution in [0.5, 0.6) is 17.2 Å². The van der Waals surface area contributed by atoms with Crippen molar-refractivity contribution in [1.82, 2.24) is 0 Å². The smallest absolute Gasteiger partial charge is 0.153 e. The van der Waals surface area contributed by atoms with E-state index in [1.54, 1.807) is 33.5 Å². The van der Waals surface area contributed by atoms with Crippen molar-refractivity contribution in [3.05, 3.63) is 117 Å². The maximum Gasteiger partial charge on any atom is 0.153 e. The standard InChI is InChI=1S/2C11H13BrO2.C10H13BrO.C10H13Br/c1-7(2)9-5-11(14-3)8(6-13)4-10(9)12;1-7(2)9-5-11(14-3)10(12)4-8(9)6-13;1-7(2)9-6-8(12-3)4-5-10(9)11;1-7(2)9-4-5-10(11)8(3)6-9/h2*4-7H,1-3H3;4-7H,1-3H3;4-7H,1-3H3. The average molecular weight is 956 g/mol. The lowest BCUT2D eigenvalue weighted by atomic mass is 9.98. The van der Waals surface area contributed by atoms with Crippen molar-refractivity contribution in [2.45, 2.75) is 86.0 Å². The van der Waals surface area contributed by atoms with Gasteiger partial charge in [-0.3, -0.25) is 9.59 Å². The summed E-state index contributed by atoms with van der Waals surface area (Å²) in [7, 11) is 4.87. The van der Waals surface area contributed by atoms with E-state index in [1.165, 1.54) is 21.2 Å². The van der Waals surface area contributed by atoms with Gasteiger partial charge in [-0.25, -0.2) is 0 Å². The molecule has 0 amide bonds. The lowest BCUT2D eigenvalue weighted by Crippen LogP contribution is -1.97. The van der Waals surface area contributed by atoms with Gasteiger partial charge in [0.15, 0.2) is 6.29 Å². The predicted octanol–water partition coefficient (Wildman–Crippen LogP) is 14.2. The van der Waals surface area contributed by atoms with Gasteiger partial charge in [-0.1, -0.05) is 115 Å². The molecule has 51 heavy (non-hydrogen) atoms. The van der Waals surface area contributed by atoms with Gasteiger partial charge in [0, 0.05) is 19.0 Å². The van der Waals surface area contributed by atoms with Gasteiger partial charge in [0.2, 0.25) is 0 Å². The molecule has 0 N–H and O–H groups in total. The third kappa shape index (κ3) is 14.8. The minimum atomic E-state index is 0.317. The summed E-state index contributed by atoms with van der Waals surface area (Å²) in [4.78, 5) is 21.5. The monoisotopic (exact) mass is 952 g/mol. The molecule has 0 spiro atoms. The van der Waals surface area contributed by atoms with E-state index in [9.17, 15) is 9.59 Å². The quantitative estimate of drug-likeness (QED) is 0.156. The Balaban J connectivity index is 0.000000342. The normalized spacial score (nSPS) is 10.4. The molecule has 5 nitrogen and oxygen atoms in total. The first kappa shape index (κ1) is 46.6. The first-order valence-corrected chi connectivity index (χ1v) is 19.9. The molecule has 0 heterocycles. The Morgan fingerprint density at radius 1 is 0.490 bits per heavy atom. The number of methoxy groups -OCH3 is 3. The molecule has 0 saturated heterocycles. The van der Waals surface area contributed by atoms with Crippen LogP contribution >= 0.6 is 63.7 Å². The number of aryl methyl sites for hydroxylation is 1. The topological polar surface area (TPSA) is 61.8 Å². The Hall–Kier alpha value is -2.46. The van der Waals surface area contributed by atoms with Crippen molar-refractivity contribution >= 4 is 76.3 Å². The molecule has 0 unspecified atom stereocenters. The molecular formula is C42H52Br4O5. The summed E-state index contributed by atoms with van der Waals surface area (Å²) < 4.78 is 19.6. The van der Waals surface area contributed by atoms with E-state index in [-0.39, 0.29) is 0 Å². The number of ether oxygens (including phenoxy) is 3. The van der Waals surface area contributed by atoms with Crippen molar-refractivity contribution in [3.63, 3.8) is 0 Å². The molecule has 278 valence electrons. The molecule has 0 saturated carbocycles. The highest BCUT2D eigenvalue weighted by Gasteiger charge is 2.12. The van der Waals surface area contributed by atoms with Crippen LogP contribution in [0.15, 0.2) is 78.6 Å². The molecular weight excluding hydrogens is 904 g/mol. The summed E-state index contributed by atoms with van der Waals surface area (Å²) in [6.07, 6.45) is 1.67. The second kappa shape index (κ2) is 23.3. The van der Waals surface area contributed by atoms with Crippen LogP contribution < -0.4 is 14.2 Å². The van der Waals surface area contributed by atoms with E-state index < -0.39 is 0 Å². The van der Waals surface area contributed by atoms with E-state index in [0.717, 1.165) is 48.6 Å². The van der Waals surface area contributed by atoms with Crippen LogP contribution in [0.3, 0.4) is 0 Å². The highest BCUT2D eigenvalue weighted by atomic mass is 79.9. The third-order valence-corrected chi connectivity index (χ3v) is 10.8. The van der Waals surface area contributed by atoms with Gasteiger partial charge in [-0.2, -0.15) is 0 Å². The average Bonchev–Trinajstić information content (AvgIpc) is 3.09. The number of halogens is 4. The van der Waals surface area contributed by atoms with E-state index in [1.807, 2.05) is 24.3 Å². The van der Waals surface area contributed by atoms with E-state index in [2.05, 4.69) is 150 Å². The van der Waals surface area contributed by atoms with Crippen molar-refractivity contribution in [3.8, 4) is 17.2 Å². The Morgan fingerprint density at radius 3 is 1.43 bits per heavy atom. The zero-order valence-electron chi connectivity index (χ0n) is 31.8. The Morgan fingerprint density at radius 2 is 0.980 bits per heavy atom. The molecule has 0 fully saturated rings.